The fraction of sp³-hybridized carbons (Fsp3) is 1.00. The Bertz CT molecular complexity index is 48.1. The molecule has 1 heteroatoms. The minimum absolute atomic E-state index is 0.635. The summed E-state index contributed by atoms with van der Waals surface area (Å²) in [5.41, 5.74) is 6.82. The van der Waals surface area contributed by atoms with Gasteiger partial charge in [0.05, 0.1) is 0 Å². The van der Waals surface area contributed by atoms with Crippen molar-refractivity contribution in [1.29, 1.82) is 0 Å². The van der Waals surface area contributed by atoms with Crippen LogP contribution in [0.2, 0.25) is 0 Å². The van der Waals surface area contributed by atoms with Crippen molar-refractivity contribution in [2.24, 2.45) is 5.92 Å². The molecular formula is C6H12N. The Labute approximate surface area is 44.9 Å². The highest BCUT2D eigenvalue weighted by molar-refractivity contribution is 4.72. The zero-order valence-corrected chi connectivity index (χ0v) is 4.61. The molecular weight excluding hydrogens is 86.1 g/mol. The molecule has 0 aromatic heterocycles. The molecule has 1 saturated carbocycles. The van der Waals surface area contributed by atoms with Gasteiger partial charge in [-0.15, -0.1) is 0 Å². The normalized spacial score (nSPS) is 20.1. The molecule has 1 N–H and O–H groups in total. The van der Waals surface area contributed by atoms with E-state index >= 15 is 0 Å². The second kappa shape index (κ2) is 2.31. The van der Waals surface area contributed by atoms with Gasteiger partial charge in [0, 0.05) is 6.54 Å². The third kappa shape index (κ3) is 1.93. The van der Waals surface area contributed by atoms with E-state index in [0.717, 1.165) is 12.3 Å². The largest absolute Gasteiger partial charge is 0.258 e. The SMILES string of the molecule is [NH]CCCC1CC1. The van der Waals surface area contributed by atoms with Gasteiger partial charge in [0.25, 0.3) is 0 Å². The van der Waals surface area contributed by atoms with Crippen LogP contribution in [0.25, 0.3) is 0 Å². The maximum atomic E-state index is 6.82. The molecule has 1 aliphatic carbocycles. The van der Waals surface area contributed by atoms with E-state index in [9.17, 15) is 0 Å². The smallest absolute Gasteiger partial charge is 0.00998 e. The van der Waals surface area contributed by atoms with Crippen LogP contribution in [0.3, 0.4) is 0 Å². The van der Waals surface area contributed by atoms with Crippen LogP contribution in [0, 0.1) is 5.92 Å². The zero-order valence-electron chi connectivity index (χ0n) is 4.61. The number of rotatable bonds is 3. The van der Waals surface area contributed by atoms with Gasteiger partial charge in [-0.2, -0.15) is 0 Å². The predicted octanol–water partition coefficient (Wildman–Crippen LogP) is 1.46. The fourth-order valence-corrected chi connectivity index (χ4v) is 0.797. The molecule has 0 atom stereocenters. The molecule has 0 amide bonds. The Balaban J connectivity index is 1.80. The van der Waals surface area contributed by atoms with Gasteiger partial charge >= 0.3 is 0 Å². The molecule has 0 saturated heterocycles. The van der Waals surface area contributed by atoms with E-state index in [1.54, 1.807) is 0 Å². The average molecular weight is 98.2 g/mol. The minimum Gasteiger partial charge on any atom is -0.258 e. The highest BCUT2D eigenvalue weighted by atomic mass is 14.5. The standard InChI is InChI=1S/C6H12N/c7-5-1-2-6-3-4-6/h6-7H,1-5H2. The van der Waals surface area contributed by atoms with Gasteiger partial charge < -0.3 is 0 Å². The molecule has 0 heterocycles. The maximum absolute atomic E-state index is 6.82. The summed E-state index contributed by atoms with van der Waals surface area (Å²) < 4.78 is 0. The summed E-state index contributed by atoms with van der Waals surface area (Å²) in [4.78, 5) is 0. The van der Waals surface area contributed by atoms with Crippen LogP contribution in [-0.2, 0) is 0 Å². The van der Waals surface area contributed by atoms with Crippen LogP contribution in [0.5, 0.6) is 0 Å². The van der Waals surface area contributed by atoms with Gasteiger partial charge in [-0.05, 0) is 18.8 Å². The highest BCUT2D eigenvalue weighted by Crippen LogP contribution is 2.32. The van der Waals surface area contributed by atoms with Crippen LogP contribution < -0.4 is 5.73 Å². The van der Waals surface area contributed by atoms with Crippen LogP contribution >= 0.6 is 0 Å². The van der Waals surface area contributed by atoms with Crippen molar-refractivity contribution in [3.63, 3.8) is 0 Å². The first kappa shape index (κ1) is 5.10. The lowest BCUT2D eigenvalue weighted by Gasteiger charge is -1.88. The quantitative estimate of drug-likeness (QED) is 0.510. The molecule has 7 heavy (non-hydrogen) atoms. The van der Waals surface area contributed by atoms with Crippen molar-refractivity contribution in [2.75, 3.05) is 6.54 Å². The highest BCUT2D eigenvalue weighted by Gasteiger charge is 2.19. The molecule has 0 aromatic rings. The molecule has 0 bridgehead atoms. The van der Waals surface area contributed by atoms with Crippen LogP contribution in [0.1, 0.15) is 25.7 Å². The third-order valence-corrected chi connectivity index (χ3v) is 1.49. The lowest BCUT2D eigenvalue weighted by Crippen LogP contribution is -1.84. The van der Waals surface area contributed by atoms with Gasteiger partial charge in [0.2, 0.25) is 0 Å². The van der Waals surface area contributed by atoms with Gasteiger partial charge in [-0.3, -0.25) is 5.73 Å². The summed E-state index contributed by atoms with van der Waals surface area (Å²) in [6.45, 7) is 0.635. The van der Waals surface area contributed by atoms with Crippen LogP contribution in [0.15, 0.2) is 0 Å². The molecule has 1 aliphatic rings. The summed E-state index contributed by atoms with van der Waals surface area (Å²) in [7, 11) is 0. The maximum Gasteiger partial charge on any atom is 0.00998 e. The Hall–Kier alpha value is -0.0400. The number of hydrogen-bond donors (Lipinski definition) is 0. The second-order valence-corrected chi connectivity index (χ2v) is 2.34. The van der Waals surface area contributed by atoms with Crippen molar-refractivity contribution in [3.05, 3.63) is 0 Å². The molecule has 41 valence electrons. The molecule has 0 aliphatic heterocycles. The third-order valence-electron chi connectivity index (χ3n) is 1.49. The molecule has 1 fully saturated rings. The van der Waals surface area contributed by atoms with Crippen molar-refractivity contribution in [1.82, 2.24) is 5.73 Å². The molecule has 0 unspecified atom stereocenters. The molecule has 1 radical (unpaired) electrons. The first-order valence-corrected chi connectivity index (χ1v) is 3.08. The van der Waals surface area contributed by atoms with E-state index in [0.29, 0.717) is 6.54 Å². The van der Waals surface area contributed by atoms with Crippen LogP contribution in [-0.4, -0.2) is 6.54 Å². The first-order chi connectivity index (χ1) is 3.43. The first-order valence-electron chi connectivity index (χ1n) is 3.08. The van der Waals surface area contributed by atoms with Crippen molar-refractivity contribution >= 4 is 0 Å². The predicted molar refractivity (Wildman–Crippen MR) is 29.9 cm³/mol. The number of hydrogen-bond acceptors (Lipinski definition) is 0. The second-order valence-electron chi connectivity index (χ2n) is 2.34. The Morgan fingerprint density at radius 3 is 2.57 bits per heavy atom. The Morgan fingerprint density at radius 2 is 2.14 bits per heavy atom. The fourth-order valence-electron chi connectivity index (χ4n) is 0.797. The average Bonchev–Trinajstić information content (AvgIpc) is 2.42. The minimum atomic E-state index is 0.635. The Morgan fingerprint density at radius 1 is 1.43 bits per heavy atom. The lowest BCUT2D eigenvalue weighted by atomic mass is 10.2. The van der Waals surface area contributed by atoms with Crippen molar-refractivity contribution in [3.8, 4) is 0 Å². The molecule has 1 nitrogen and oxygen atoms in total. The monoisotopic (exact) mass is 98.1 g/mol. The summed E-state index contributed by atoms with van der Waals surface area (Å²) >= 11 is 0. The summed E-state index contributed by atoms with van der Waals surface area (Å²) in [5, 5.41) is 0. The van der Waals surface area contributed by atoms with Gasteiger partial charge in [0.1, 0.15) is 0 Å². The van der Waals surface area contributed by atoms with E-state index in [1.165, 1.54) is 19.3 Å². The van der Waals surface area contributed by atoms with E-state index < -0.39 is 0 Å². The van der Waals surface area contributed by atoms with Crippen molar-refractivity contribution < 1.29 is 0 Å². The van der Waals surface area contributed by atoms with E-state index in [-0.39, 0.29) is 0 Å². The van der Waals surface area contributed by atoms with Crippen LogP contribution in [0.4, 0.5) is 0 Å². The van der Waals surface area contributed by atoms with Gasteiger partial charge in [-0.1, -0.05) is 12.8 Å². The van der Waals surface area contributed by atoms with Gasteiger partial charge in [0.15, 0.2) is 0 Å². The van der Waals surface area contributed by atoms with Gasteiger partial charge in [-0.25, -0.2) is 0 Å². The zero-order chi connectivity index (χ0) is 5.11. The summed E-state index contributed by atoms with van der Waals surface area (Å²) in [5.74, 6) is 1.03. The van der Waals surface area contributed by atoms with E-state index in [4.69, 9.17) is 5.73 Å². The summed E-state index contributed by atoms with van der Waals surface area (Å²) in [6.07, 6.45) is 5.34. The molecule has 1 rings (SSSR count). The van der Waals surface area contributed by atoms with Crippen molar-refractivity contribution in [2.45, 2.75) is 25.7 Å². The molecule has 0 aromatic carbocycles. The number of nitrogens with one attached hydrogen (secondary N) is 1. The summed E-state index contributed by atoms with van der Waals surface area (Å²) in [6, 6.07) is 0. The topological polar surface area (TPSA) is 23.8 Å². The lowest BCUT2D eigenvalue weighted by molar-refractivity contribution is 0.669. The Kier molecular flexibility index (Phi) is 1.69. The molecule has 0 spiro atoms. The van der Waals surface area contributed by atoms with E-state index in [2.05, 4.69) is 0 Å². The van der Waals surface area contributed by atoms with E-state index in [1.807, 2.05) is 0 Å².